The summed E-state index contributed by atoms with van der Waals surface area (Å²) in [5, 5.41) is -1.84. The fourth-order valence-corrected chi connectivity index (χ4v) is 4.87. The monoisotopic (exact) mass is 319 g/mol. The number of alkyl halides is 2. The number of rotatable bonds is 1. The lowest BCUT2D eigenvalue weighted by Crippen LogP contribution is -2.19. The van der Waals surface area contributed by atoms with Crippen molar-refractivity contribution in [3.05, 3.63) is 60.2 Å². The van der Waals surface area contributed by atoms with Crippen LogP contribution in [0.25, 0.3) is 0 Å². The van der Waals surface area contributed by atoms with Gasteiger partial charge in [0.25, 0.3) is 5.25 Å². The molecule has 0 bridgehead atoms. The van der Waals surface area contributed by atoms with Crippen LogP contribution in [-0.2, 0) is 5.54 Å². The number of thioether (sulfide) groups is 1. The molecule has 4 heteroatoms. The molecular formula is C17H15ClFNS. The second-order valence-corrected chi connectivity index (χ2v) is 7.16. The van der Waals surface area contributed by atoms with Gasteiger partial charge >= 0.3 is 0 Å². The third kappa shape index (κ3) is 1.77. The van der Waals surface area contributed by atoms with Crippen LogP contribution in [0, 0.1) is 0 Å². The smallest absolute Gasteiger partial charge is 0.287 e. The van der Waals surface area contributed by atoms with E-state index in [1.54, 1.807) is 16.7 Å². The number of nitrogens with zero attached hydrogens (tertiary/aromatic N) is 1. The maximum atomic E-state index is 15.2. The zero-order chi connectivity index (χ0) is 14.5. The van der Waals surface area contributed by atoms with Crippen LogP contribution in [0.15, 0.2) is 59.5 Å². The Labute approximate surface area is 133 Å². The van der Waals surface area contributed by atoms with Crippen molar-refractivity contribution in [2.24, 2.45) is 0 Å². The summed E-state index contributed by atoms with van der Waals surface area (Å²) in [5.41, 5.74) is 1.14. The first-order valence-corrected chi connectivity index (χ1v) is 8.50. The third-order valence-corrected chi connectivity index (χ3v) is 6.04. The first kappa shape index (κ1) is 13.5. The third-order valence-electron chi connectivity index (χ3n) is 4.41. The van der Waals surface area contributed by atoms with Crippen LogP contribution in [0.2, 0.25) is 0 Å². The Morgan fingerprint density at radius 1 is 1.05 bits per heavy atom. The van der Waals surface area contributed by atoms with E-state index in [4.69, 9.17) is 11.6 Å². The van der Waals surface area contributed by atoms with Gasteiger partial charge in [0.1, 0.15) is 5.54 Å². The van der Waals surface area contributed by atoms with Gasteiger partial charge in [-0.05, 0) is 36.3 Å². The minimum Gasteiger partial charge on any atom is -0.307 e. The quantitative estimate of drug-likeness (QED) is 0.406. The largest absolute Gasteiger partial charge is 0.307 e. The lowest BCUT2D eigenvalue weighted by atomic mass is 9.93. The van der Waals surface area contributed by atoms with Crippen molar-refractivity contribution >= 4 is 29.1 Å². The molecule has 0 N–H and O–H groups in total. The van der Waals surface area contributed by atoms with Gasteiger partial charge in [-0.25, -0.2) is 0 Å². The topological polar surface area (TPSA) is 3.01 Å². The van der Waals surface area contributed by atoms with Gasteiger partial charge in [-0.3, -0.25) is 0 Å². The van der Waals surface area contributed by atoms with Crippen LogP contribution >= 0.6 is 23.4 Å². The lowest BCUT2D eigenvalue weighted by molar-refractivity contribution is 0.360. The van der Waals surface area contributed by atoms with Crippen LogP contribution in [0.1, 0.15) is 18.4 Å². The van der Waals surface area contributed by atoms with Crippen molar-refractivity contribution < 1.29 is 4.39 Å². The van der Waals surface area contributed by atoms with Gasteiger partial charge in [-0.2, -0.15) is 4.39 Å². The molecule has 0 spiro atoms. The summed E-state index contributed by atoms with van der Waals surface area (Å²) in [4.78, 5) is 2.86. The maximum Gasteiger partial charge on any atom is 0.287 e. The number of anilines is 1. The molecule has 0 aromatic heterocycles. The predicted molar refractivity (Wildman–Crippen MR) is 86.7 cm³/mol. The highest BCUT2D eigenvalue weighted by Crippen LogP contribution is 2.68. The molecule has 1 saturated heterocycles. The van der Waals surface area contributed by atoms with Gasteiger partial charge in [0.15, 0.2) is 0 Å². The summed E-state index contributed by atoms with van der Waals surface area (Å²) in [7, 11) is 0. The zero-order valence-corrected chi connectivity index (χ0v) is 13.0. The molecule has 2 aliphatic rings. The molecule has 108 valence electrons. The summed E-state index contributed by atoms with van der Waals surface area (Å²) in [6, 6.07) is 17.8. The van der Waals surface area contributed by atoms with Crippen LogP contribution in [0.3, 0.4) is 0 Å². The number of hydrogen-bond acceptors (Lipinski definition) is 2. The standard InChI is InChI=1S/C17H15ClFNS/c18-17(19)16(13-7-2-1-3-8-13)11-6-12-21-15-10-5-4-9-14(15)20(16)17/h1-5,7-10H,6,11-12H2. The summed E-state index contributed by atoms with van der Waals surface area (Å²) in [5.74, 6) is 0.992. The first-order valence-electron chi connectivity index (χ1n) is 7.13. The molecule has 2 aromatic rings. The van der Waals surface area contributed by atoms with Gasteiger partial charge < -0.3 is 4.90 Å². The van der Waals surface area contributed by atoms with Crippen molar-refractivity contribution in [3.8, 4) is 0 Å². The van der Waals surface area contributed by atoms with Crippen molar-refractivity contribution in [2.45, 2.75) is 28.5 Å². The molecule has 2 aromatic carbocycles. The van der Waals surface area contributed by atoms with Crippen molar-refractivity contribution in [1.82, 2.24) is 0 Å². The van der Waals surface area contributed by atoms with Gasteiger partial charge in [0.2, 0.25) is 0 Å². The summed E-state index contributed by atoms with van der Waals surface area (Å²) >= 11 is 8.11. The summed E-state index contributed by atoms with van der Waals surface area (Å²) < 4.78 is 15.2. The van der Waals surface area contributed by atoms with Gasteiger partial charge in [-0.15, -0.1) is 11.8 Å². The van der Waals surface area contributed by atoms with Crippen molar-refractivity contribution in [3.63, 3.8) is 0 Å². The van der Waals surface area contributed by atoms with E-state index in [9.17, 15) is 0 Å². The molecule has 0 saturated carbocycles. The lowest BCUT2D eigenvalue weighted by Gasteiger charge is -2.21. The van der Waals surface area contributed by atoms with E-state index in [0.29, 0.717) is 0 Å². The number of benzene rings is 2. The zero-order valence-electron chi connectivity index (χ0n) is 11.4. The van der Waals surface area contributed by atoms with Gasteiger partial charge in [-0.1, -0.05) is 54.1 Å². The van der Waals surface area contributed by atoms with E-state index in [1.807, 2.05) is 54.6 Å². The maximum absolute atomic E-state index is 15.2. The highest BCUT2D eigenvalue weighted by Gasteiger charge is 2.77. The number of fused-ring (bicyclic) bond motifs is 3. The fraction of sp³-hybridized carbons (Fsp3) is 0.294. The first-order chi connectivity index (χ1) is 10.2. The fourth-order valence-electron chi connectivity index (χ4n) is 3.40. The van der Waals surface area contributed by atoms with E-state index < -0.39 is 10.8 Å². The second-order valence-electron chi connectivity index (χ2n) is 5.52. The van der Waals surface area contributed by atoms with Crippen LogP contribution < -0.4 is 4.90 Å². The van der Waals surface area contributed by atoms with E-state index in [1.165, 1.54) is 0 Å². The number of hydrogen-bond donors (Lipinski definition) is 0. The molecule has 4 rings (SSSR count). The summed E-state index contributed by atoms with van der Waals surface area (Å²) in [6.07, 6.45) is 1.68. The highest BCUT2D eigenvalue weighted by atomic mass is 35.5. The minimum atomic E-state index is -1.84. The average Bonchev–Trinajstić information content (AvgIpc) is 2.98. The Morgan fingerprint density at radius 3 is 2.57 bits per heavy atom. The van der Waals surface area contributed by atoms with Gasteiger partial charge in [0, 0.05) is 4.90 Å². The van der Waals surface area contributed by atoms with Crippen molar-refractivity contribution in [1.29, 1.82) is 0 Å². The van der Waals surface area contributed by atoms with E-state index >= 15 is 4.39 Å². The van der Waals surface area contributed by atoms with Crippen LogP contribution in [0.4, 0.5) is 10.1 Å². The molecule has 2 heterocycles. The average molecular weight is 320 g/mol. The molecule has 2 atom stereocenters. The Hall–Kier alpha value is -1.19. The Kier molecular flexibility index (Phi) is 2.98. The molecule has 0 radical (unpaired) electrons. The molecule has 2 unspecified atom stereocenters. The minimum absolute atomic E-state index is 0.729. The van der Waals surface area contributed by atoms with Crippen LogP contribution in [0.5, 0.6) is 0 Å². The second kappa shape index (κ2) is 4.65. The van der Waals surface area contributed by atoms with Crippen molar-refractivity contribution in [2.75, 3.05) is 10.7 Å². The number of para-hydroxylation sites is 1. The number of halogens is 2. The highest BCUT2D eigenvalue weighted by molar-refractivity contribution is 7.99. The molecule has 1 fully saturated rings. The van der Waals surface area contributed by atoms with Gasteiger partial charge in [0.05, 0.1) is 5.69 Å². The Morgan fingerprint density at radius 2 is 1.76 bits per heavy atom. The Balaban J connectivity index is 1.89. The summed E-state index contributed by atoms with van der Waals surface area (Å²) in [6.45, 7) is 0. The molecule has 0 aliphatic carbocycles. The molecule has 2 aliphatic heterocycles. The molecule has 1 nitrogen and oxygen atoms in total. The van der Waals surface area contributed by atoms with Crippen LogP contribution in [-0.4, -0.2) is 11.0 Å². The normalized spacial score (nSPS) is 30.9. The molecular weight excluding hydrogens is 305 g/mol. The molecule has 0 amide bonds. The Bertz CT molecular complexity index is 676. The van der Waals surface area contributed by atoms with E-state index in [0.717, 1.165) is 34.7 Å². The van der Waals surface area contributed by atoms with E-state index in [2.05, 4.69) is 0 Å². The SMILES string of the molecule is FC1(Cl)N2c3ccccc3SCCCC21c1ccccc1. The molecule has 21 heavy (non-hydrogen) atoms. The predicted octanol–water partition coefficient (Wildman–Crippen LogP) is 5.15. The van der Waals surface area contributed by atoms with E-state index in [-0.39, 0.29) is 0 Å².